The van der Waals surface area contributed by atoms with Crippen LogP contribution in [-0.4, -0.2) is 23.3 Å². The van der Waals surface area contributed by atoms with E-state index in [9.17, 15) is 4.39 Å². The second-order valence-corrected chi connectivity index (χ2v) is 4.74. The number of benzene rings is 1. The van der Waals surface area contributed by atoms with Crippen molar-refractivity contribution in [2.45, 2.75) is 12.1 Å². The van der Waals surface area contributed by atoms with Gasteiger partial charge in [-0.1, -0.05) is 17.8 Å². The summed E-state index contributed by atoms with van der Waals surface area (Å²) in [5.74, 6) is 1.11. The smallest absolute Gasteiger partial charge is 0.191 e. The van der Waals surface area contributed by atoms with Gasteiger partial charge < -0.3 is 10.6 Å². The number of hydrogen-bond donors (Lipinski definition) is 2. The maximum atomic E-state index is 13.5. The van der Waals surface area contributed by atoms with Crippen LogP contribution in [0.5, 0.6) is 0 Å². The molecule has 0 radical (unpaired) electrons. The van der Waals surface area contributed by atoms with Crippen molar-refractivity contribution >= 4 is 29.1 Å². The number of halogens is 1. The van der Waals surface area contributed by atoms with E-state index in [0.717, 1.165) is 5.82 Å². The number of aryl methyl sites for hydroxylation is 1. The van der Waals surface area contributed by atoms with E-state index in [4.69, 9.17) is 0 Å². The third-order valence-electron chi connectivity index (χ3n) is 2.59. The zero-order chi connectivity index (χ0) is 13.8. The number of nitrogens with zero attached hydrogens (tertiary/aromatic N) is 2. The summed E-state index contributed by atoms with van der Waals surface area (Å²) >= 11 is 1.45. The van der Waals surface area contributed by atoms with Crippen LogP contribution in [-0.2, 0) is 0 Å². The molecule has 0 atom stereocenters. The van der Waals surface area contributed by atoms with Crippen LogP contribution in [0.25, 0.3) is 0 Å². The number of aromatic nitrogens is 2. The van der Waals surface area contributed by atoms with Gasteiger partial charge in [0, 0.05) is 18.8 Å². The molecule has 0 spiro atoms. The van der Waals surface area contributed by atoms with E-state index in [2.05, 4.69) is 20.6 Å². The molecule has 1 aromatic carbocycles. The fraction of sp³-hybridized carbons (Fsp3) is 0.231. The number of rotatable bonds is 4. The van der Waals surface area contributed by atoms with Crippen LogP contribution in [0.1, 0.15) is 5.56 Å². The normalized spacial score (nSPS) is 10.3. The molecule has 1 heterocycles. The maximum absolute atomic E-state index is 13.5. The average Bonchev–Trinajstić information content (AvgIpc) is 2.42. The molecular formula is C13H15FN4S. The summed E-state index contributed by atoms with van der Waals surface area (Å²) in [4.78, 5) is 8.60. The standard InChI is InChI=1S/C13H15FN4S/c1-8-4-5-9(6-10(8)14)16-12-7-11(15-2)17-13(18-12)19-3/h4-7H,1-3H3,(H2,15,16,17,18). The SMILES string of the molecule is CNc1cc(Nc2ccc(C)c(F)c2)nc(SC)n1. The molecule has 0 fully saturated rings. The minimum atomic E-state index is -0.238. The van der Waals surface area contributed by atoms with E-state index in [1.165, 1.54) is 17.8 Å². The largest absolute Gasteiger partial charge is 0.373 e. The molecule has 0 aliphatic rings. The summed E-state index contributed by atoms with van der Waals surface area (Å²) in [6, 6.07) is 6.78. The first-order chi connectivity index (χ1) is 9.12. The molecule has 4 nitrogen and oxygen atoms in total. The number of thioether (sulfide) groups is 1. The molecule has 0 aliphatic heterocycles. The van der Waals surface area contributed by atoms with Crippen LogP contribution < -0.4 is 10.6 Å². The van der Waals surface area contributed by atoms with Crippen LogP contribution in [0.3, 0.4) is 0 Å². The van der Waals surface area contributed by atoms with Crippen molar-refractivity contribution in [3.05, 3.63) is 35.6 Å². The van der Waals surface area contributed by atoms with Crippen molar-refractivity contribution < 1.29 is 4.39 Å². The molecule has 0 unspecified atom stereocenters. The molecule has 2 N–H and O–H groups in total. The third-order valence-corrected chi connectivity index (χ3v) is 3.14. The van der Waals surface area contributed by atoms with Gasteiger partial charge in [-0.2, -0.15) is 0 Å². The minimum absolute atomic E-state index is 0.238. The second-order valence-electron chi connectivity index (χ2n) is 3.96. The fourth-order valence-corrected chi connectivity index (χ4v) is 1.91. The first kappa shape index (κ1) is 13.6. The van der Waals surface area contributed by atoms with Crippen LogP contribution >= 0.6 is 11.8 Å². The minimum Gasteiger partial charge on any atom is -0.373 e. The molecule has 0 aliphatic carbocycles. The van der Waals surface area contributed by atoms with Gasteiger partial charge in [-0.05, 0) is 30.9 Å². The summed E-state index contributed by atoms with van der Waals surface area (Å²) in [5.41, 5.74) is 1.28. The topological polar surface area (TPSA) is 49.8 Å². The van der Waals surface area contributed by atoms with Crippen LogP contribution in [0, 0.1) is 12.7 Å². The number of hydrogen-bond acceptors (Lipinski definition) is 5. The molecular weight excluding hydrogens is 263 g/mol. The highest BCUT2D eigenvalue weighted by Crippen LogP contribution is 2.21. The van der Waals surface area contributed by atoms with E-state index in [1.54, 1.807) is 26.1 Å². The van der Waals surface area contributed by atoms with Crippen molar-refractivity contribution in [3.63, 3.8) is 0 Å². The highest BCUT2D eigenvalue weighted by Gasteiger charge is 2.05. The first-order valence-electron chi connectivity index (χ1n) is 5.76. The monoisotopic (exact) mass is 278 g/mol. The Morgan fingerprint density at radius 3 is 2.53 bits per heavy atom. The predicted octanol–water partition coefficient (Wildman–Crippen LogP) is 3.43. The summed E-state index contributed by atoms with van der Waals surface area (Å²) < 4.78 is 13.5. The van der Waals surface area contributed by atoms with Gasteiger partial charge in [0.25, 0.3) is 0 Å². The van der Waals surface area contributed by atoms with E-state index in [0.29, 0.717) is 22.2 Å². The highest BCUT2D eigenvalue weighted by molar-refractivity contribution is 7.98. The summed E-state index contributed by atoms with van der Waals surface area (Å²) in [7, 11) is 1.79. The maximum Gasteiger partial charge on any atom is 0.191 e. The Morgan fingerprint density at radius 1 is 1.16 bits per heavy atom. The van der Waals surface area contributed by atoms with E-state index in [-0.39, 0.29) is 5.82 Å². The van der Waals surface area contributed by atoms with Crippen molar-refractivity contribution in [1.82, 2.24) is 9.97 Å². The van der Waals surface area contributed by atoms with Crippen molar-refractivity contribution in [2.75, 3.05) is 23.9 Å². The Morgan fingerprint density at radius 2 is 1.89 bits per heavy atom. The van der Waals surface area contributed by atoms with E-state index in [1.807, 2.05) is 12.3 Å². The van der Waals surface area contributed by atoms with E-state index >= 15 is 0 Å². The van der Waals surface area contributed by atoms with Crippen molar-refractivity contribution in [1.29, 1.82) is 0 Å². The van der Waals surface area contributed by atoms with Crippen LogP contribution in [0.2, 0.25) is 0 Å². The van der Waals surface area contributed by atoms with Gasteiger partial charge in [0.2, 0.25) is 0 Å². The zero-order valence-electron chi connectivity index (χ0n) is 11.0. The molecule has 1 aromatic heterocycles. The molecule has 6 heteroatoms. The van der Waals surface area contributed by atoms with Gasteiger partial charge in [0.1, 0.15) is 17.5 Å². The quantitative estimate of drug-likeness (QED) is 0.663. The lowest BCUT2D eigenvalue weighted by Gasteiger charge is -2.09. The molecule has 2 rings (SSSR count). The Kier molecular flexibility index (Phi) is 4.21. The third kappa shape index (κ3) is 3.35. The molecule has 0 bridgehead atoms. The lowest BCUT2D eigenvalue weighted by Crippen LogP contribution is -2.01. The molecule has 0 amide bonds. The number of anilines is 3. The lowest BCUT2D eigenvalue weighted by molar-refractivity contribution is 0.619. The molecule has 2 aromatic rings. The molecule has 0 saturated heterocycles. The van der Waals surface area contributed by atoms with E-state index < -0.39 is 0 Å². The van der Waals surface area contributed by atoms with Crippen molar-refractivity contribution in [2.24, 2.45) is 0 Å². The van der Waals surface area contributed by atoms with Gasteiger partial charge >= 0.3 is 0 Å². The zero-order valence-corrected chi connectivity index (χ0v) is 11.8. The van der Waals surface area contributed by atoms with Gasteiger partial charge in [0.15, 0.2) is 5.16 Å². The molecule has 19 heavy (non-hydrogen) atoms. The van der Waals surface area contributed by atoms with Crippen LogP contribution in [0.15, 0.2) is 29.4 Å². The predicted molar refractivity (Wildman–Crippen MR) is 77.8 cm³/mol. The lowest BCUT2D eigenvalue weighted by atomic mass is 10.2. The van der Waals surface area contributed by atoms with Gasteiger partial charge in [-0.3, -0.25) is 0 Å². The Hall–Kier alpha value is -1.82. The highest BCUT2D eigenvalue weighted by atomic mass is 32.2. The van der Waals surface area contributed by atoms with Crippen molar-refractivity contribution in [3.8, 4) is 0 Å². The Balaban J connectivity index is 2.29. The Bertz CT molecular complexity index is 567. The molecule has 0 saturated carbocycles. The van der Waals surface area contributed by atoms with Gasteiger partial charge in [-0.25, -0.2) is 14.4 Å². The summed E-state index contributed by atoms with van der Waals surface area (Å²) in [5, 5.41) is 6.70. The molecule has 100 valence electrons. The first-order valence-corrected chi connectivity index (χ1v) is 6.99. The van der Waals surface area contributed by atoms with Gasteiger partial charge in [-0.15, -0.1) is 0 Å². The van der Waals surface area contributed by atoms with Gasteiger partial charge in [0.05, 0.1) is 0 Å². The fourth-order valence-electron chi connectivity index (χ4n) is 1.53. The second kappa shape index (κ2) is 5.88. The summed E-state index contributed by atoms with van der Waals surface area (Å²) in [6.45, 7) is 1.73. The average molecular weight is 278 g/mol. The number of nitrogens with one attached hydrogen (secondary N) is 2. The van der Waals surface area contributed by atoms with Crippen LogP contribution in [0.4, 0.5) is 21.7 Å². The Labute approximate surface area is 115 Å². The summed E-state index contributed by atoms with van der Waals surface area (Å²) in [6.07, 6.45) is 1.91.